The maximum absolute atomic E-state index is 12.6. The first-order valence-electron chi connectivity index (χ1n) is 8.46. The van der Waals surface area contributed by atoms with E-state index in [2.05, 4.69) is 15.3 Å². The minimum absolute atomic E-state index is 0.0948. The van der Waals surface area contributed by atoms with Crippen molar-refractivity contribution in [2.45, 2.75) is 13.3 Å². The van der Waals surface area contributed by atoms with Crippen molar-refractivity contribution in [3.8, 4) is 11.4 Å². The fourth-order valence-electron chi connectivity index (χ4n) is 2.83. The van der Waals surface area contributed by atoms with Crippen LogP contribution in [0, 0.1) is 0 Å². The lowest BCUT2D eigenvalue weighted by atomic mass is 10.1. The number of carbonyl (C=O) groups excluding carboxylic acids is 1. The second-order valence-corrected chi connectivity index (χ2v) is 6.85. The Morgan fingerprint density at radius 1 is 1.11 bits per heavy atom. The van der Waals surface area contributed by atoms with Crippen LogP contribution in [0.1, 0.15) is 13.3 Å². The first kappa shape index (κ1) is 18.4. The molecule has 2 aromatic carbocycles. The summed E-state index contributed by atoms with van der Waals surface area (Å²) in [6.07, 6.45) is 0.229. The van der Waals surface area contributed by atoms with E-state index in [1.165, 1.54) is 0 Å². The summed E-state index contributed by atoms with van der Waals surface area (Å²) in [6.45, 7) is 1.70. The van der Waals surface area contributed by atoms with Gasteiger partial charge in [0.15, 0.2) is 11.6 Å². The van der Waals surface area contributed by atoms with Gasteiger partial charge in [0, 0.05) is 17.4 Å². The highest BCUT2D eigenvalue weighted by atomic mass is 35.5. The summed E-state index contributed by atoms with van der Waals surface area (Å²) in [7, 11) is 0. The lowest BCUT2D eigenvalue weighted by Gasteiger charge is -2.11. The summed E-state index contributed by atoms with van der Waals surface area (Å²) >= 11 is 12.1. The van der Waals surface area contributed by atoms with Gasteiger partial charge in [0.2, 0.25) is 5.91 Å². The molecule has 2 heterocycles. The number of para-hydroxylation sites is 1. The number of hydrogen-bond donors (Lipinski definition) is 1. The van der Waals surface area contributed by atoms with Crippen molar-refractivity contribution >= 4 is 56.8 Å². The van der Waals surface area contributed by atoms with Crippen molar-refractivity contribution in [1.82, 2.24) is 9.97 Å². The fourth-order valence-corrected chi connectivity index (χ4v) is 3.12. The van der Waals surface area contributed by atoms with Crippen molar-refractivity contribution in [2.24, 2.45) is 0 Å². The van der Waals surface area contributed by atoms with Gasteiger partial charge in [0.05, 0.1) is 15.6 Å². The summed E-state index contributed by atoms with van der Waals surface area (Å²) in [5, 5.41) is 4.16. The molecule has 0 unspecified atom stereocenters. The van der Waals surface area contributed by atoms with Crippen LogP contribution in [-0.4, -0.2) is 15.9 Å². The van der Waals surface area contributed by atoms with Gasteiger partial charge in [-0.1, -0.05) is 42.3 Å². The largest absolute Gasteiger partial charge is 0.422 e. The molecular weight excluding hydrogens is 401 g/mol. The van der Waals surface area contributed by atoms with E-state index < -0.39 is 5.63 Å². The predicted molar refractivity (Wildman–Crippen MR) is 110 cm³/mol. The molecule has 1 amide bonds. The zero-order valence-corrected chi connectivity index (χ0v) is 16.1. The minimum atomic E-state index is -0.624. The Labute approximate surface area is 169 Å². The van der Waals surface area contributed by atoms with E-state index in [-0.39, 0.29) is 23.5 Å². The molecule has 0 fully saturated rings. The molecule has 0 atom stereocenters. The summed E-state index contributed by atoms with van der Waals surface area (Å²) in [5.74, 6) is 0.110. The molecule has 8 heteroatoms. The van der Waals surface area contributed by atoms with Gasteiger partial charge in [-0.05, 0) is 30.3 Å². The molecule has 4 aromatic rings. The predicted octanol–water partition coefficient (Wildman–Crippen LogP) is 5.06. The number of halogens is 2. The van der Waals surface area contributed by atoms with E-state index in [4.69, 9.17) is 27.6 Å². The van der Waals surface area contributed by atoms with Gasteiger partial charge >= 0.3 is 5.63 Å². The summed E-state index contributed by atoms with van der Waals surface area (Å²) in [6, 6.07) is 12.0. The third-order valence-electron chi connectivity index (χ3n) is 4.21. The van der Waals surface area contributed by atoms with Crippen LogP contribution < -0.4 is 10.9 Å². The maximum atomic E-state index is 12.6. The quantitative estimate of drug-likeness (QED) is 0.374. The molecule has 28 heavy (non-hydrogen) atoms. The van der Waals surface area contributed by atoms with Crippen LogP contribution in [0.25, 0.3) is 33.3 Å². The van der Waals surface area contributed by atoms with Crippen molar-refractivity contribution in [2.75, 3.05) is 5.32 Å². The molecule has 0 aliphatic heterocycles. The number of aromatic nitrogens is 2. The molecule has 0 spiro atoms. The molecule has 0 bridgehead atoms. The number of carbonyl (C=O) groups is 1. The Morgan fingerprint density at radius 2 is 1.89 bits per heavy atom. The number of benzene rings is 2. The van der Waals surface area contributed by atoms with E-state index in [0.717, 1.165) is 0 Å². The van der Waals surface area contributed by atoms with E-state index in [1.54, 1.807) is 43.3 Å². The van der Waals surface area contributed by atoms with Crippen LogP contribution in [-0.2, 0) is 4.79 Å². The van der Waals surface area contributed by atoms with Crippen LogP contribution in [0.15, 0.2) is 51.7 Å². The standard InChI is InChI=1S/C20H13Cl2N3O3/c1-2-15(26)23-19-16-17(11-5-3-4-6-14(11)28-20(16)27)24-18(25-19)10-7-8-12(21)13(22)9-10/h3-9H,2H2,1H3,(H,23,24,25,26). The zero-order valence-electron chi connectivity index (χ0n) is 14.6. The van der Waals surface area contributed by atoms with E-state index >= 15 is 0 Å². The minimum Gasteiger partial charge on any atom is -0.422 e. The van der Waals surface area contributed by atoms with Crippen LogP contribution in [0.5, 0.6) is 0 Å². The Bertz CT molecular complexity index is 1300. The first-order chi connectivity index (χ1) is 13.5. The summed E-state index contributed by atoms with van der Waals surface area (Å²) in [4.78, 5) is 33.6. The molecule has 0 saturated carbocycles. The fraction of sp³-hybridized carbons (Fsp3) is 0.100. The molecule has 0 aliphatic carbocycles. The van der Waals surface area contributed by atoms with Gasteiger partial charge in [0.25, 0.3) is 0 Å². The van der Waals surface area contributed by atoms with Gasteiger partial charge in [-0.15, -0.1) is 0 Å². The average Bonchev–Trinajstić information content (AvgIpc) is 2.69. The number of fused-ring (bicyclic) bond motifs is 3. The lowest BCUT2D eigenvalue weighted by Crippen LogP contribution is -2.15. The topological polar surface area (TPSA) is 85.1 Å². The molecule has 0 saturated heterocycles. The molecular formula is C20H13Cl2N3O3. The third kappa shape index (κ3) is 3.21. The number of amides is 1. The molecule has 6 nitrogen and oxygen atoms in total. The molecule has 4 rings (SSSR count). The first-order valence-corrected chi connectivity index (χ1v) is 9.22. The van der Waals surface area contributed by atoms with Crippen LogP contribution in [0.4, 0.5) is 5.82 Å². The van der Waals surface area contributed by atoms with E-state index in [0.29, 0.717) is 37.9 Å². The zero-order chi connectivity index (χ0) is 19.8. The number of rotatable bonds is 3. The second-order valence-electron chi connectivity index (χ2n) is 6.04. The van der Waals surface area contributed by atoms with Crippen LogP contribution >= 0.6 is 23.2 Å². The number of anilines is 1. The Balaban J connectivity index is 2.09. The highest BCUT2D eigenvalue weighted by Gasteiger charge is 2.18. The van der Waals surface area contributed by atoms with Crippen molar-refractivity contribution in [3.63, 3.8) is 0 Å². The van der Waals surface area contributed by atoms with Crippen LogP contribution in [0.3, 0.4) is 0 Å². The molecule has 140 valence electrons. The van der Waals surface area contributed by atoms with Gasteiger partial charge in [-0.3, -0.25) is 4.79 Å². The normalized spacial score (nSPS) is 11.1. The monoisotopic (exact) mass is 413 g/mol. The second kappa shape index (κ2) is 7.22. The number of nitrogens with zero attached hydrogens (tertiary/aromatic N) is 2. The van der Waals surface area contributed by atoms with Gasteiger partial charge in [-0.2, -0.15) is 0 Å². The molecule has 2 aromatic heterocycles. The SMILES string of the molecule is CCC(=O)Nc1nc(-c2ccc(Cl)c(Cl)c2)nc2c1c(=O)oc1ccccc12. The van der Waals surface area contributed by atoms with Gasteiger partial charge < -0.3 is 9.73 Å². The Kier molecular flexibility index (Phi) is 4.75. The average molecular weight is 414 g/mol. The molecule has 0 radical (unpaired) electrons. The third-order valence-corrected chi connectivity index (χ3v) is 4.95. The van der Waals surface area contributed by atoms with Crippen LogP contribution in [0.2, 0.25) is 10.0 Å². The summed E-state index contributed by atoms with van der Waals surface area (Å²) < 4.78 is 5.39. The van der Waals surface area contributed by atoms with Gasteiger partial charge in [0.1, 0.15) is 11.0 Å². The number of nitrogens with one attached hydrogen (secondary N) is 1. The molecule has 1 N–H and O–H groups in total. The van der Waals surface area contributed by atoms with Crippen molar-refractivity contribution in [3.05, 3.63) is 62.9 Å². The Morgan fingerprint density at radius 3 is 2.64 bits per heavy atom. The van der Waals surface area contributed by atoms with Gasteiger partial charge in [-0.25, -0.2) is 14.8 Å². The highest BCUT2D eigenvalue weighted by molar-refractivity contribution is 6.42. The van der Waals surface area contributed by atoms with E-state index in [1.807, 2.05) is 6.07 Å². The molecule has 0 aliphatic rings. The maximum Gasteiger partial charge on any atom is 0.349 e. The number of hydrogen-bond acceptors (Lipinski definition) is 5. The summed E-state index contributed by atoms with van der Waals surface area (Å²) in [5.41, 5.74) is 0.752. The Hall–Kier alpha value is -2.96. The van der Waals surface area contributed by atoms with E-state index in [9.17, 15) is 9.59 Å². The highest BCUT2D eigenvalue weighted by Crippen LogP contribution is 2.31. The van der Waals surface area contributed by atoms with Crippen molar-refractivity contribution < 1.29 is 9.21 Å². The van der Waals surface area contributed by atoms with Crippen molar-refractivity contribution in [1.29, 1.82) is 0 Å². The lowest BCUT2D eigenvalue weighted by molar-refractivity contribution is -0.115. The smallest absolute Gasteiger partial charge is 0.349 e.